The second-order valence-corrected chi connectivity index (χ2v) is 8.58. The van der Waals surface area contributed by atoms with Crippen molar-refractivity contribution in [3.63, 3.8) is 0 Å². The van der Waals surface area contributed by atoms with E-state index in [9.17, 15) is 14.4 Å². The molecule has 0 aromatic rings. The molecule has 2 atom stereocenters. The number of carbonyl (C=O) groups excluding carboxylic acids is 3. The van der Waals surface area contributed by atoms with E-state index >= 15 is 0 Å². The van der Waals surface area contributed by atoms with E-state index in [1.165, 1.54) is 0 Å². The monoisotopic (exact) mass is 321 g/mol. The Hall–Kier alpha value is -1.59. The van der Waals surface area contributed by atoms with Crippen molar-refractivity contribution in [3.8, 4) is 0 Å². The van der Waals surface area contributed by atoms with Gasteiger partial charge in [0.1, 0.15) is 0 Å². The number of fused-ring (bicyclic) bond motifs is 2. The van der Waals surface area contributed by atoms with Crippen LogP contribution >= 0.6 is 0 Å². The highest BCUT2D eigenvalue weighted by Gasteiger charge is 2.52. The molecule has 2 heterocycles. The average molecular weight is 321 g/mol. The molecule has 1 saturated carbocycles. The van der Waals surface area contributed by atoms with Crippen molar-refractivity contribution >= 4 is 18.2 Å². The van der Waals surface area contributed by atoms with Crippen molar-refractivity contribution < 1.29 is 14.4 Å². The number of piperazine rings is 1. The van der Waals surface area contributed by atoms with E-state index in [2.05, 4.69) is 20.8 Å². The molecule has 23 heavy (non-hydrogen) atoms. The van der Waals surface area contributed by atoms with Gasteiger partial charge >= 0.3 is 11.8 Å². The largest absolute Gasteiger partial charge is 0.342 e. The van der Waals surface area contributed by atoms with Crippen molar-refractivity contribution in [2.45, 2.75) is 46.1 Å². The van der Waals surface area contributed by atoms with Crippen LogP contribution in [0, 0.1) is 10.8 Å². The van der Waals surface area contributed by atoms with Crippen LogP contribution in [0.4, 0.5) is 0 Å². The summed E-state index contributed by atoms with van der Waals surface area (Å²) in [6.45, 7) is 9.36. The van der Waals surface area contributed by atoms with E-state index < -0.39 is 5.91 Å². The maximum atomic E-state index is 12.7. The number of rotatable bonds is 1. The van der Waals surface area contributed by atoms with Crippen LogP contribution in [0.2, 0.25) is 0 Å². The fraction of sp³-hybridized carbons (Fsp3) is 0.824. The molecule has 3 rings (SSSR count). The maximum absolute atomic E-state index is 12.7. The number of nitrogens with zero attached hydrogens (tertiary/aromatic N) is 3. The molecule has 2 unspecified atom stereocenters. The van der Waals surface area contributed by atoms with Gasteiger partial charge in [-0.05, 0) is 30.1 Å². The summed E-state index contributed by atoms with van der Waals surface area (Å²) >= 11 is 0. The summed E-state index contributed by atoms with van der Waals surface area (Å²) in [5.74, 6) is -0.750. The molecule has 3 aliphatic rings. The smallest absolute Gasteiger partial charge is 0.312 e. The summed E-state index contributed by atoms with van der Waals surface area (Å²) in [6.07, 6.45) is 3.89. The predicted molar refractivity (Wildman–Crippen MR) is 85.5 cm³/mol. The van der Waals surface area contributed by atoms with Gasteiger partial charge in [-0.2, -0.15) is 0 Å². The highest BCUT2D eigenvalue weighted by molar-refractivity contribution is 6.35. The zero-order chi connectivity index (χ0) is 16.8. The van der Waals surface area contributed by atoms with Crippen LogP contribution in [0.15, 0.2) is 0 Å². The Balaban J connectivity index is 1.67. The first-order valence-electron chi connectivity index (χ1n) is 8.52. The van der Waals surface area contributed by atoms with Gasteiger partial charge in [0.05, 0.1) is 0 Å². The lowest BCUT2D eigenvalue weighted by Crippen LogP contribution is -2.53. The van der Waals surface area contributed by atoms with E-state index in [0.717, 1.165) is 25.7 Å². The molecule has 3 fully saturated rings. The predicted octanol–water partition coefficient (Wildman–Crippen LogP) is 0.714. The first kappa shape index (κ1) is 16.3. The van der Waals surface area contributed by atoms with Crippen LogP contribution in [0.5, 0.6) is 0 Å². The first-order chi connectivity index (χ1) is 10.7. The van der Waals surface area contributed by atoms with Crippen molar-refractivity contribution in [1.29, 1.82) is 0 Å². The van der Waals surface area contributed by atoms with Crippen LogP contribution in [0.25, 0.3) is 0 Å². The molecule has 6 nitrogen and oxygen atoms in total. The molecule has 2 saturated heterocycles. The van der Waals surface area contributed by atoms with Crippen LogP contribution in [0.3, 0.4) is 0 Å². The topological polar surface area (TPSA) is 60.9 Å². The lowest BCUT2D eigenvalue weighted by Gasteiger charge is -2.39. The molecule has 0 radical (unpaired) electrons. The SMILES string of the molecule is CC1(C)CC2CC(C)(CN2C(=O)C(=O)N2CCN(C=O)CC2)C1. The number of hydrogen-bond donors (Lipinski definition) is 0. The van der Waals surface area contributed by atoms with E-state index in [4.69, 9.17) is 0 Å². The normalized spacial score (nSPS) is 32.8. The zero-order valence-electron chi connectivity index (χ0n) is 14.4. The van der Waals surface area contributed by atoms with Gasteiger partial charge < -0.3 is 14.7 Å². The van der Waals surface area contributed by atoms with Gasteiger partial charge in [-0.3, -0.25) is 14.4 Å². The van der Waals surface area contributed by atoms with Gasteiger partial charge in [-0.25, -0.2) is 0 Å². The summed E-state index contributed by atoms with van der Waals surface area (Å²) in [5, 5.41) is 0. The molecule has 3 amide bonds. The molecular formula is C17H27N3O3. The minimum atomic E-state index is -0.399. The summed E-state index contributed by atoms with van der Waals surface area (Å²) in [5.41, 5.74) is 0.365. The quantitative estimate of drug-likeness (QED) is 0.528. The first-order valence-corrected chi connectivity index (χ1v) is 8.52. The third kappa shape index (κ3) is 3.08. The Bertz CT molecular complexity index is 525. The molecule has 0 aromatic heterocycles. The fourth-order valence-corrected chi connectivity index (χ4v) is 4.99. The van der Waals surface area contributed by atoms with E-state index in [-0.39, 0.29) is 22.8 Å². The molecule has 1 aliphatic carbocycles. The van der Waals surface area contributed by atoms with Crippen molar-refractivity contribution in [2.75, 3.05) is 32.7 Å². The molecule has 0 aromatic carbocycles. The van der Waals surface area contributed by atoms with E-state index in [1.54, 1.807) is 9.80 Å². The number of amides is 3. The lowest BCUT2D eigenvalue weighted by atomic mass is 9.65. The van der Waals surface area contributed by atoms with Crippen molar-refractivity contribution in [2.24, 2.45) is 10.8 Å². The van der Waals surface area contributed by atoms with Crippen LogP contribution < -0.4 is 0 Å². The molecule has 128 valence electrons. The Morgan fingerprint density at radius 3 is 2.26 bits per heavy atom. The number of carbonyl (C=O) groups is 3. The molecule has 6 heteroatoms. The Kier molecular flexibility index (Phi) is 3.89. The number of likely N-dealkylation sites (tertiary alicyclic amines) is 1. The minimum Gasteiger partial charge on any atom is -0.342 e. The van der Waals surface area contributed by atoms with Crippen LogP contribution in [-0.4, -0.2) is 71.7 Å². The highest BCUT2D eigenvalue weighted by atomic mass is 16.2. The maximum Gasteiger partial charge on any atom is 0.312 e. The molecular weight excluding hydrogens is 294 g/mol. The lowest BCUT2D eigenvalue weighted by molar-refractivity contribution is -0.153. The van der Waals surface area contributed by atoms with Gasteiger partial charge in [-0.15, -0.1) is 0 Å². The summed E-state index contributed by atoms with van der Waals surface area (Å²) in [6, 6.07) is 0.191. The third-order valence-corrected chi connectivity index (χ3v) is 5.61. The fourth-order valence-electron chi connectivity index (χ4n) is 4.99. The average Bonchev–Trinajstić information content (AvgIpc) is 2.75. The van der Waals surface area contributed by atoms with Crippen LogP contribution in [-0.2, 0) is 14.4 Å². The summed E-state index contributed by atoms with van der Waals surface area (Å²) < 4.78 is 0. The van der Waals surface area contributed by atoms with E-state index in [0.29, 0.717) is 32.7 Å². The van der Waals surface area contributed by atoms with Gasteiger partial charge in [0.25, 0.3) is 0 Å². The van der Waals surface area contributed by atoms with Gasteiger partial charge in [0.15, 0.2) is 0 Å². The van der Waals surface area contributed by atoms with Gasteiger partial charge in [0, 0.05) is 38.8 Å². The molecule has 2 bridgehead atoms. The minimum absolute atomic E-state index is 0.137. The standard InChI is InChI=1S/C17H27N3O3/c1-16(2)8-13-9-17(3,10-16)11-20(13)15(23)14(22)19-6-4-18(12-21)5-7-19/h12-13H,4-11H2,1-3H3. The molecule has 0 N–H and O–H groups in total. The second-order valence-electron chi connectivity index (χ2n) is 8.58. The second kappa shape index (κ2) is 5.49. The van der Waals surface area contributed by atoms with Crippen LogP contribution in [0.1, 0.15) is 40.0 Å². The Labute approximate surface area is 137 Å². The third-order valence-electron chi connectivity index (χ3n) is 5.61. The zero-order valence-corrected chi connectivity index (χ0v) is 14.4. The Morgan fingerprint density at radius 2 is 1.65 bits per heavy atom. The van der Waals surface area contributed by atoms with Crippen molar-refractivity contribution in [1.82, 2.24) is 14.7 Å². The van der Waals surface area contributed by atoms with Crippen molar-refractivity contribution in [3.05, 3.63) is 0 Å². The summed E-state index contributed by atoms with van der Waals surface area (Å²) in [4.78, 5) is 41.1. The molecule has 0 spiro atoms. The highest BCUT2D eigenvalue weighted by Crippen LogP contribution is 2.52. The Morgan fingerprint density at radius 1 is 1.00 bits per heavy atom. The molecule has 2 aliphatic heterocycles. The van der Waals surface area contributed by atoms with Gasteiger partial charge in [-0.1, -0.05) is 20.8 Å². The summed E-state index contributed by atoms with van der Waals surface area (Å²) in [7, 11) is 0. The van der Waals surface area contributed by atoms with Gasteiger partial charge in [0.2, 0.25) is 6.41 Å². The number of hydrogen-bond acceptors (Lipinski definition) is 3. The van der Waals surface area contributed by atoms with E-state index in [1.807, 2.05) is 4.90 Å².